The lowest BCUT2D eigenvalue weighted by atomic mass is 10.1. The number of aliphatic hydroxyl groups is 1. The minimum absolute atomic E-state index is 0.169. The lowest BCUT2D eigenvalue weighted by Crippen LogP contribution is -2.43. The molecule has 2 aromatic carbocycles. The number of aliphatic hydroxyl groups excluding tert-OH is 1. The Balaban J connectivity index is 1.48. The lowest BCUT2D eigenvalue weighted by Gasteiger charge is -2.26. The Morgan fingerprint density at radius 3 is 1.71 bits per heavy atom. The average Bonchev–Trinajstić information content (AvgIpc) is 3.43. The van der Waals surface area contributed by atoms with Crippen molar-refractivity contribution in [2.45, 2.75) is 83.2 Å². The topological polar surface area (TPSA) is 145 Å². The summed E-state index contributed by atoms with van der Waals surface area (Å²) in [6, 6.07) is 19.0. The molecule has 0 aliphatic carbocycles. The van der Waals surface area contributed by atoms with Crippen molar-refractivity contribution in [2.75, 3.05) is 13.2 Å². The molecule has 0 saturated carbocycles. The third kappa shape index (κ3) is 8.81. The van der Waals surface area contributed by atoms with E-state index in [1.54, 1.807) is 0 Å². The van der Waals surface area contributed by atoms with E-state index in [2.05, 4.69) is 0 Å². The second-order valence-electron chi connectivity index (χ2n) is 9.91. The van der Waals surface area contributed by atoms with E-state index in [0.717, 1.165) is 11.1 Å². The van der Waals surface area contributed by atoms with Gasteiger partial charge in [-0.15, -0.1) is 0 Å². The van der Waals surface area contributed by atoms with Crippen molar-refractivity contribution in [3.05, 3.63) is 71.8 Å². The van der Waals surface area contributed by atoms with Crippen LogP contribution in [0, 0.1) is 0 Å². The van der Waals surface area contributed by atoms with Crippen LogP contribution < -0.4 is 0 Å². The number of ether oxygens (including phenoxy) is 8. The van der Waals surface area contributed by atoms with E-state index in [1.165, 1.54) is 20.8 Å². The molecule has 228 valence electrons. The molecular weight excluding hydrogens is 552 g/mol. The molecule has 0 spiro atoms. The molecule has 12 heteroatoms. The maximum Gasteiger partial charge on any atom is 0.303 e. The van der Waals surface area contributed by atoms with Crippen LogP contribution in [0.1, 0.15) is 31.9 Å². The minimum Gasteiger partial charge on any atom is -0.463 e. The van der Waals surface area contributed by atoms with Crippen LogP contribution in [0.5, 0.6) is 0 Å². The molecule has 2 saturated heterocycles. The highest BCUT2D eigenvalue weighted by Gasteiger charge is 2.52. The standard InChI is InChI=1S/C30H36O12/c1-18(31)35-16-24-26(39-19(2)32)28(40-20(3)33)30(42-24)38-17-23-25(36-14-21-10-6-4-7-11-21)27(29(34)41-23)37-15-22-12-8-5-9-13-22/h4-13,23-30,34H,14-17H2,1-3H3/t23-,24-,25-,26+,27+,28+,29+,30+/m1/s1. The molecule has 0 aromatic heterocycles. The van der Waals surface area contributed by atoms with Gasteiger partial charge in [-0.05, 0) is 11.1 Å². The molecule has 0 amide bonds. The van der Waals surface area contributed by atoms with Crippen LogP contribution >= 0.6 is 0 Å². The fourth-order valence-corrected chi connectivity index (χ4v) is 4.75. The fraction of sp³-hybridized carbons (Fsp3) is 0.500. The van der Waals surface area contributed by atoms with Gasteiger partial charge in [0.1, 0.15) is 31.0 Å². The third-order valence-electron chi connectivity index (χ3n) is 6.60. The molecule has 2 aromatic rings. The Labute approximate surface area is 243 Å². The normalized spacial score (nSPS) is 28.8. The Kier molecular flexibility index (Phi) is 11.4. The van der Waals surface area contributed by atoms with Gasteiger partial charge in [-0.1, -0.05) is 60.7 Å². The van der Waals surface area contributed by atoms with Gasteiger partial charge in [-0.25, -0.2) is 0 Å². The molecule has 2 aliphatic heterocycles. The third-order valence-corrected chi connectivity index (χ3v) is 6.60. The van der Waals surface area contributed by atoms with Crippen molar-refractivity contribution < 1.29 is 57.4 Å². The van der Waals surface area contributed by atoms with Gasteiger partial charge < -0.3 is 43.0 Å². The van der Waals surface area contributed by atoms with Gasteiger partial charge in [0.05, 0.1) is 19.8 Å². The van der Waals surface area contributed by atoms with Crippen molar-refractivity contribution in [3.8, 4) is 0 Å². The van der Waals surface area contributed by atoms with Crippen LogP contribution in [0.4, 0.5) is 0 Å². The van der Waals surface area contributed by atoms with Crippen molar-refractivity contribution in [2.24, 2.45) is 0 Å². The fourth-order valence-electron chi connectivity index (χ4n) is 4.75. The van der Waals surface area contributed by atoms with Crippen molar-refractivity contribution >= 4 is 17.9 Å². The summed E-state index contributed by atoms with van der Waals surface area (Å²) in [4.78, 5) is 35.1. The number of carbonyl (C=O) groups is 3. The molecule has 0 unspecified atom stereocenters. The SMILES string of the molecule is CC(=O)OC[C@H]1O[C@H](OC[C@H]2O[C@H](O)[C@@H](OCc3ccccc3)[C@@H]2OCc2ccccc2)[C@@H](OC(C)=O)[C@H]1OC(C)=O. The zero-order valence-corrected chi connectivity index (χ0v) is 23.7. The molecular formula is C30H36O12. The molecule has 12 nitrogen and oxygen atoms in total. The van der Waals surface area contributed by atoms with Crippen molar-refractivity contribution in [3.63, 3.8) is 0 Å². The van der Waals surface area contributed by atoms with Crippen LogP contribution in [0.25, 0.3) is 0 Å². The zero-order valence-electron chi connectivity index (χ0n) is 23.7. The van der Waals surface area contributed by atoms with E-state index in [1.807, 2.05) is 60.7 Å². The van der Waals surface area contributed by atoms with E-state index in [-0.39, 0.29) is 26.4 Å². The Morgan fingerprint density at radius 1 is 0.643 bits per heavy atom. The summed E-state index contributed by atoms with van der Waals surface area (Å²) >= 11 is 0. The van der Waals surface area contributed by atoms with Gasteiger partial charge in [0.25, 0.3) is 0 Å². The molecule has 1 N–H and O–H groups in total. The highest BCUT2D eigenvalue weighted by Crippen LogP contribution is 2.32. The largest absolute Gasteiger partial charge is 0.463 e. The summed E-state index contributed by atoms with van der Waals surface area (Å²) in [6.45, 7) is 3.62. The van der Waals surface area contributed by atoms with E-state index >= 15 is 0 Å². The van der Waals surface area contributed by atoms with Gasteiger partial charge in [0, 0.05) is 20.8 Å². The lowest BCUT2D eigenvalue weighted by molar-refractivity contribution is -0.208. The molecule has 2 aliphatic rings. The van der Waals surface area contributed by atoms with Crippen LogP contribution in [-0.4, -0.2) is 85.4 Å². The summed E-state index contributed by atoms with van der Waals surface area (Å²) in [7, 11) is 0. The molecule has 2 heterocycles. The van der Waals surface area contributed by atoms with Gasteiger partial charge in [0.2, 0.25) is 0 Å². The predicted octanol–water partition coefficient (Wildman–Crippen LogP) is 2.04. The number of carbonyl (C=O) groups excluding carboxylic acids is 3. The minimum atomic E-state index is -1.32. The quantitative estimate of drug-likeness (QED) is 0.270. The van der Waals surface area contributed by atoms with Crippen LogP contribution in [-0.2, 0) is 65.5 Å². The molecule has 42 heavy (non-hydrogen) atoms. The molecule has 2 fully saturated rings. The van der Waals surface area contributed by atoms with Gasteiger partial charge >= 0.3 is 17.9 Å². The Morgan fingerprint density at radius 2 is 1.17 bits per heavy atom. The highest BCUT2D eigenvalue weighted by molar-refractivity contribution is 5.68. The van der Waals surface area contributed by atoms with E-state index in [4.69, 9.17) is 37.9 Å². The first-order valence-corrected chi connectivity index (χ1v) is 13.6. The van der Waals surface area contributed by atoms with Crippen molar-refractivity contribution in [1.29, 1.82) is 0 Å². The molecule has 4 rings (SSSR count). The summed E-state index contributed by atoms with van der Waals surface area (Å²) in [5, 5.41) is 10.8. The number of rotatable bonds is 13. The number of benzene rings is 2. The second-order valence-corrected chi connectivity index (χ2v) is 9.91. The molecule has 8 atom stereocenters. The summed E-state index contributed by atoms with van der Waals surface area (Å²) in [6.07, 6.45) is -8.16. The molecule has 0 bridgehead atoms. The van der Waals surface area contributed by atoms with Gasteiger partial charge in [-0.2, -0.15) is 0 Å². The maximum atomic E-state index is 11.9. The maximum absolute atomic E-state index is 11.9. The first kappa shape index (κ1) is 31.5. The number of esters is 3. The number of hydrogen-bond donors (Lipinski definition) is 1. The van der Waals surface area contributed by atoms with Crippen LogP contribution in [0.3, 0.4) is 0 Å². The Hall–Kier alpha value is -3.39. The Bertz CT molecular complexity index is 1160. The zero-order chi connectivity index (χ0) is 30.1. The van der Waals surface area contributed by atoms with Crippen molar-refractivity contribution in [1.82, 2.24) is 0 Å². The van der Waals surface area contributed by atoms with Crippen LogP contribution in [0.2, 0.25) is 0 Å². The van der Waals surface area contributed by atoms with Gasteiger partial charge in [-0.3, -0.25) is 14.4 Å². The van der Waals surface area contributed by atoms with E-state index in [0.29, 0.717) is 0 Å². The highest BCUT2D eigenvalue weighted by atomic mass is 16.8. The molecule has 0 radical (unpaired) electrons. The van der Waals surface area contributed by atoms with Gasteiger partial charge in [0.15, 0.2) is 24.8 Å². The smallest absolute Gasteiger partial charge is 0.303 e. The van der Waals surface area contributed by atoms with E-state index in [9.17, 15) is 19.5 Å². The first-order chi connectivity index (χ1) is 20.2. The summed E-state index contributed by atoms with van der Waals surface area (Å²) < 4.78 is 45.7. The predicted molar refractivity (Wildman–Crippen MR) is 143 cm³/mol. The summed E-state index contributed by atoms with van der Waals surface area (Å²) in [5.41, 5.74) is 1.82. The van der Waals surface area contributed by atoms with E-state index < -0.39 is 67.1 Å². The average molecular weight is 589 g/mol. The second kappa shape index (κ2) is 15.2. The summed E-state index contributed by atoms with van der Waals surface area (Å²) in [5.74, 6) is -1.88. The monoisotopic (exact) mass is 588 g/mol. The number of hydrogen-bond acceptors (Lipinski definition) is 12. The van der Waals surface area contributed by atoms with Crippen LogP contribution in [0.15, 0.2) is 60.7 Å². The first-order valence-electron chi connectivity index (χ1n) is 13.6.